The number of nitrogens with one attached hydrogen (secondary N) is 1. The molecule has 0 aliphatic heterocycles. The number of halogens is 1. The Bertz CT molecular complexity index is 964. The van der Waals surface area contributed by atoms with Gasteiger partial charge in [0.25, 0.3) is 5.91 Å². The number of aliphatic carboxylic acids is 1. The molecule has 1 heterocycles. The zero-order valence-corrected chi connectivity index (χ0v) is 14.5. The van der Waals surface area contributed by atoms with Crippen LogP contribution in [0.5, 0.6) is 0 Å². The normalized spacial score (nSPS) is 10.5. The van der Waals surface area contributed by atoms with Gasteiger partial charge in [0.15, 0.2) is 0 Å². The lowest BCUT2D eigenvalue weighted by Crippen LogP contribution is -2.24. The first-order valence-electron chi connectivity index (χ1n) is 7.77. The molecule has 3 rings (SSSR count). The van der Waals surface area contributed by atoms with Crippen LogP contribution in [-0.2, 0) is 11.2 Å². The zero-order valence-electron chi connectivity index (χ0n) is 13.8. The molecule has 6 nitrogen and oxygen atoms in total. The van der Waals surface area contributed by atoms with Crippen molar-refractivity contribution in [2.24, 2.45) is 0 Å². The maximum atomic E-state index is 12.7. The molecule has 1 N–H and O–H groups in total. The molecular weight excluding hydrogens is 356 g/mol. The van der Waals surface area contributed by atoms with Crippen LogP contribution in [0.2, 0.25) is 5.02 Å². The Hall–Kier alpha value is -3.12. The summed E-state index contributed by atoms with van der Waals surface area (Å²) >= 11 is 6.20. The fourth-order valence-corrected chi connectivity index (χ4v) is 2.77. The van der Waals surface area contributed by atoms with Crippen LogP contribution in [-0.4, -0.2) is 17.0 Å². The standard InChI is InChI=1S/C19H15ClN2O4/c1-11-17(18(22-26-11)14-4-2-3-5-15(14)20)19(25)21-13-8-6-12(7-9-13)10-16(23)24/h2-9H,10H2,1H3,(H,21,25)(H,23,24)/p-1. The Morgan fingerprint density at radius 3 is 2.50 bits per heavy atom. The first kappa shape index (κ1) is 17.7. The van der Waals surface area contributed by atoms with Crippen molar-refractivity contribution >= 4 is 29.2 Å². The maximum absolute atomic E-state index is 12.7. The summed E-state index contributed by atoms with van der Waals surface area (Å²) in [5.74, 6) is -1.19. The predicted molar refractivity (Wildman–Crippen MR) is 94.8 cm³/mol. The highest BCUT2D eigenvalue weighted by Crippen LogP contribution is 2.31. The van der Waals surface area contributed by atoms with Gasteiger partial charge in [0.1, 0.15) is 17.0 Å². The molecule has 132 valence electrons. The molecule has 0 aliphatic rings. The molecule has 0 spiro atoms. The molecule has 0 fully saturated rings. The summed E-state index contributed by atoms with van der Waals surface area (Å²) in [6.45, 7) is 1.64. The average molecular weight is 370 g/mol. The minimum absolute atomic E-state index is 0.185. The summed E-state index contributed by atoms with van der Waals surface area (Å²) in [6.07, 6.45) is -0.185. The molecule has 0 unspecified atom stereocenters. The van der Waals surface area contributed by atoms with E-state index in [1.54, 1.807) is 55.5 Å². The number of anilines is 1. The Morgan fingerprint density at radius 2 is 1.85 bits per heavy atom. The number of aromatic nitrogens is 1. The third-order valence-electron chi connectivity index (χ3n) is 3.78. The molecule has 26 heavy (non-hydrogen) atoms. The number of carbonyl (C=O) groups is 2. The minimum atomic E-state index is -1.16. The van der Waals surface area contributed by atoms with Crippen LogP contribution in [0.15, 0.2) is 53.1 Å². The van der Waals surface area contributed by atoms with Crippen LogP contribution < -0.4 is 10.4 Å². The van der Waals surface area contributed by atoms with Gasteiger partial charge in [-0.2, -0.15) is 0 Å². The van der Waals surface area contributed by atoms with Crippen molar-refractivity contribution in [1.29, 1.82) is 0 Å². The number of nitrogens with zero attached hydrogens (tertiary/aromatic N) is 1. The van der Waals surface area contributed by atoms with Crippen LogP contribution >= 0.6 is 11.6 Å². The summed E-state index contributed by atoms with van der Waals surface area (Å²) in [5, 5.41) is 17.8. The van der Waals surface area contributed by atoms with E-state index in [2.05, 4.69) is 10.5 Å². The molecule has 0 atom stereocenters. The molecule has 7 heteroatoms. The molecule has 2 aromatic carbocycles. The highest BCUT2D eigenvalue weighted by molar-refractivity contribution is 6.33. The molecule has 0 aliphatic carbocycles. The highest BCUT2D eigenvalue weighted by Gasteiger charge is 2.23. The van der Waals surface area contributed by atoms with Gasteiger partial charge in [-0.25, -0.2) is 0 Å². The van der Waals surface area contributed by atoms with Crippen molar-refractivity contribution < 1.29 is 19.2 Å². The van der Waals surface area contributed by atoms with Crippen LogP contribution in [0, 0.1) is 6.92 Å². The minimum Gasteiger partial charge on any atom is -0.550 e. The van der Waals surface area contributed by atoms with Crippen molar-refractivity contribution in [1.82, 2.24) is 5.16 Å². The number of hydrogen-bond donors (Lipinski definition) is 1. The Balaban J connectivity index is 1.86. The fraction of sp³-hybridized carbons (Fsp3) is 0.105. The molecule has 3 aromatic rings. The van der Waals surface area contributed by atoms with Gasteiger partial charge in [-0.3, -0.25) is 4.79 Å². The number of rotatable bonds is 5. The molecule has 0 saturated carbocycles. The van der Waals surface area contributed by atoms with Crippen LogP contribution in [0.25, 0.3) is 11.3 Å². The van der Waals surface area contributed by atoms with E-state index in [1.165, 1.54) is 0 Å². The van der Waals surface area contributed by atoms with Crippen molar-refractivity contribution in [2.45, 2.75) is 13.3 Å². The molecule has 0 saturated heterocycles. The molecule has 1 aromatic heterocycles. The van der Waals surface area contributed by atoms with Crippen molar-refractivity contribution in [3.8, 4) is 11.3 Å². The summed E-state index contributed by atoms with van der Waals surface area (Å²) in [5.41, 5.74) is 2.35. The van der Waals surface area contributed by atoms with Gasteiger partial charge in [0.2, 0.25) is 0 Å². The Morgan fingerprint density at radius 1 is 1.15 bits per heavy atom. The average Bonchev–Trinajstić information content (AvgIpc) is 2.98. The van der Waals surface area contributed by atoms with Gasteiger partial charge in [-0.15, -0.1) is 0 Å². The van der Waals surface area contributed by atoms with Gasteiger partial charge >= 0.3 is 0 Å². The maximum Gasteiger partial charge on any atom is 0.261 e. The van der Waals surface area contributed by atoms with Gasteiger partial charge < -0.3 is 19.7 Å². The second-order valence-electron chi connectivity index (χ2n) is 5.64. The van der Waals surface area contributed by atoms with Gasteiger partial charge in [0, 0.05) is 23.6 Å². The number of carbonyl (C=O) groups excluding carboxylic acids is 2. The molecule has 0 radical (unpaired) electrons. The summed E-state index contributed by atoms with van der Waals surface area (Å²) in [7, 11) is 0. The Kier molecular flexibility index (Phi) is 5.04. The number of carboxylic acids is 1. The smallest absolute Gasteiger partial charge is 0.261 e. The first-order chi connectivity index (χ1) is 12.5. The zero-order chi connectivity index (χ0) is 18.7. The molecule has 0 bridgehead atoms. The largest absolute Gasteiger partial charge is 0.550 e. The van der Waals surface area contributed by atoms with Crippen molar-refractivity contribution in [3.05, 3.63) is 70.4 Å². The first-order valence-corrected chi connectivity index (χ1v) is 8.15. The summed E-state index contributed by atoms with van der Waals surface area (Å²) in [6, 6.07) is 13.5. The topological polar surface area (TPSA) is 95.3 Å². The van der Waals surface area contributed by atoms with Gasteiger partial charge in [-0.1, -0.05) is 47.1 Å². The third kappa shape index (κ3) is 3.75. The monoisotopic (exact) mass is 369 g/mol. The number of amides is 1. The number of benzene rings is 2. The van der Waals surface area contributed by atoms with E-state index in [1.807, 2.05) is 0 Å². The van der Waals surface area contributed by atoms with Crippen molar-refractivity contribution in [3.63, 3.8) is 0 Å². The number of carboxylic acid groups (broad SMARTS) is 1. The van der Waals surface area contributed by atoms with E-state index in [4.69, 9.17) is 16.1 Å². The lowest BCUT2D eigenvalue weighted by Gasteiger charge is -2.08. The SMILES string of the molecule is Cc1onc(-c2ccccc2Cl)c1C(=O)Nc1ccc(CC(=O)[O-])cc1. The second kappa shape index (κ2) is 7.41. The third-order valence-corrected chi connectivity index (χ3v) is 4.11. The van der Waals surface area contributed by atoms with Gasteiger partial charge in [-0.05, 0) is 30.7 Å². The quantitative estimate of drug-likeness (QED) is 0.746. The summed E-state index contributed by atoms with van der Waals surface area (Å²) < 4.78 is 5.19. The molecule has 1 amide bonds. The second-order valence-corrected chi connectivity index (χ2v) is 6.05. The van der Waals surface area contributed by atoms with E-state index >= 15 is 0 Å². The predicted octanol–water partition coefficient (Wildman–Crippen LogP) is 2.85. The van der Waals surface area contributed by atoms with E-state index in [-0.39, 0.29) is 12.0 Å². The van der Waals surface area contributed by atoms with Crippen molar-refractivity contribution in [2.75, 3.05) is 5.32 Å². The van der Waals surface area contributed by atoms with Crippen LogP contribution in [0.3, 0.4) is 0 Å². The summed E-state index contributed by atoms with van der Waals surface area (Å²) in [4.78, 5) is 23.3. The lowest BCUT2D eigenvalue weighted by atomic mass is 10.1. The van der Waals surface area contributed by atoms with E-state index in [9.17, 15) is 14.7 Å². The van der Waals surface area contributed by atoms with Gasteiger partial charge in [0.05, 0.1) is 5.02 Å². The van der Waals surface area contributed by atoms with E-state index in [0.717, 1.165) is 0 Å². The molecular formula is C19H14ClN2O4-. The lowest BCUT2D eigenvalue weighted by molar-refractivity contribution is -0.304. The van der Waals surface area contributed by atoms with E-state index < -0.39 is 11.9 Å². The number of hydrogen-bond acceptors (Lipinski definition) is 5. The highest BCUT2D eigenvalue weighted by atomic mass is 35.5. The fourth-order valence-electron chi connectivity index (χ4n) is 2.54. The van der Waals surface area contributed by atoms with Crippen LogP contribution in [0.4, 0.5) is 5.69 Å². The Labute approximate surface area is 154 Å². The number of aryl methyl sites for hydroxylation is 1. The van der Waals surface area contributed by atoms with Crippen LogP contribution in [0.1, 0.15) is 21.7 Å². The van der Waals surface area contributed by atoms with E-state index in [0.29, 0.717) is 33.3 Å².